The van der Waals surface area contributed by atoms with Crippen molar-refractivity contribution in [3.8, 4) is 11.8 Å². The number of nitrogens with zero attached hydrogens (tertiary/aromatic N) is 2. The van der Waals surface area contributed by atoms with Crippen LogP contribution >= 0.6 is 0 Å². The molecule has 2 rings (SSSR count). The number of hydrogen-bond donors (Lipinski definition) is 0. The number of hydrogen-bond acceptors (Lipinski definition) is 3. The first kappa shape index (κ1) is 14.8. The van der Waals surface area contributed by atoms with E-state index in [1.807, 2.05) is 6.07 Å². The zero-order valence-electron chi connectivity index (χ0n) is 11.9. The number of unbranched alkanes of at least 4 members (excludes halogenated alkanes) is 1. The average Bonchev–Trinajstić information content (AvgIpc) is 2.48. The van der Waals surface area contributed by atoms with Crippen LogP contribution in [0.4, 0.5) is 4.39 Å². The molecule has 0 radical (unpaired) electrons. The summed E-state index contributed by atoms with van der Waals surface area (Å²) in [5, 5.41) is 8.71. The quantitative estimate of drug-likeness (QED) is 0.827. The topological polar surface area (TPSA) is 36.3 Å². The van der Waals surface area contributed by atoms with Crippen LogP contribution in [0.3, 0.4) is 0 Å². The van der Waals surface area contributed by atoms with Gasteiger partial charge in [0.15, 0.2) is 11.6 Å². The predicted molar refractivity (Wildman–Crippen MR) is 76.1 cm³/mol. The number of ether oxygens (including phenoxy) is 1. The van der Waals surface area contributed by atoms with E-state index in [2.05, 4.69) is 11.8 Å². The molecule has 108 valence electrons. The summed E-state index contributed by atoms with van der Waals surface area (Å²) in [7, 11) is 0. The highest BCUT2D eigenvalue weighted by Crippen LogP contribution is 2.23. The van der Waals surface area contributed by atoms with Crippen LogP contribution in [0.2, 0.25) is 0 Å². The van der Waals surface area contributed by atoms with Gasteiger partial charge in [-0.1, -0.05) is 13.3 Å². The normalized spacial score (nSPS) is 16.9. The van der Waals surface area contributed by atoms with Crippen LogP contribution < -0.4 is 4.74 Å². The Kier molecular flexibility index (Phi) is 5.37. The van der Waals surface area contributed by atoms with Gasteiger partial charge in [0.1, 0.15) is 6.10 Å². The van der Waals surface area contributed by atoms with Crippen LogP contribution in [0.1, 0.15) is 38.2 Å². The maximum atomic E-state index is 13.7. The lowest BCUT2D eigenvalue weighted by Gasteiger charge is -2.32. The van der Waals surface area contributed by atoms with E-state index in [4.69, 9.17) is 10.00 Å². The number of benzene rings is 1. The fourth-order valence-corrected chi connectivity index (χ4v) is 2.48. The van der Waals surface area contributed by atoms with E-state index in [1.54, 1.807) is 12.1 Å². The monoisotopic (exact) mass is 276 g/mol. The van der Waals surface area contributed by atoms with Crippen LogP contribution in [-0.4, -0.2) is 30.6 Å². The average molecular weight is 276 g/mol. The van der Waals surface area contributed by atoms with E-state index in [0.717, 1.165) is 32.5 Å². The SMILES string of the molecule is CCCCN1CCC(Oc2ccc(C#N)cc2F)CC1. The fraction of sp³-hybridized carbons (Fsp3) is 0.562. The molecule has 0 spiro atoms. The second kappa shape index (κ2) is 7.25. The molecule has 0 unspecified atom stereocenters. The number of likely N-dealkylation sites (tertiary alicyclic amines) is 1. The summed E-state index contributed by atoms with van der Waals surface area (Å²) >= 11 is 0. The number of rotatable bonds is 5. The first-order valence-electron chi connectivity index (χ1n) is 7.31. The van der Waals surface area contributed by atoms with Crippen LogP contribution in [-0.2, 0) is 0 Å². The van der Waals surface area contributed by atoms with Crippen LogP contribution in [0.25, 0.3) is 0 Å². The molecule has 1 aromatic rings. The third-order valence-corrected chi connectivity index (χ3v) is 3.72. The summed E-state index contributed by atoms with van der Waals surface area (Å²) < 4.78 is 19.5. The zero-order valence-corrected chi connectivity index (χ0v) is 11.9. The second-order valence-corrected chi connectivity index (χ2v) is 5.27. The zero-order chi connectivity index (χ0) is 14.4. The minimum Gasteiger partial charge on any atom is -0.487 e. The molecule has 1 aliphatic rings. The van der Waals surface area contributed by atoms with Gasteiger partial charge in [0.2, 0.25) is 0 Å². The lowest BCUT2D eigenvalue weighted by molar-refractivity contribution is 0.0965. The van der Waals surface area contributed by atoms with Crippen molar-refractivity contribution in [2.45, 2.75) is 38.7 Å². The van der Waals surface area contributed by atoms with Gasteiger partial charge in [0, 0.05) is 13.1 Å². The molecule has 0 aliphatic carbocycles. The highest BCUT2D eigenvalue weighted by Gasteiger charge is 2.21. The maximum Gasteiger partial charge on any atom is 0.166 e. The lowest BCUT2D eigenvalue weighted by atomic mass is 10.1. The van der Waals surface area contributed by atoms with E-state index in [9.17, 15) is 4.39 Å². The van der Waals surface area contributed by atoms with Crippen molar-refractivity contribution in [3.05, 3.63) is 29.6 Å². The first-order valence-corrected chi connectivity index (χ1v) is 7.31. The number of nitriles is 1. The smallest absolute Gasteiger partial charge is 0.166 e. The Hall–Kier alpha value is -1.60. The Morgan fingerprint density at radius 2 is 2.15 bits per heavy atom. The highest BCUT2D eigenvalue weighted by molar-refractivity contribution is 5.36. The molecule has 0 bridgehead atoms. The molecule has 0 amide bonds. The Balaban J connectivity index is 1.85. The summed E-state index contributed by atoms with van der Waals surface area (Å²) in [4.78, 5) is 2.44. The summed E-state index contributed by atoms with van der Waals surface area (Å²) in [6.07, 6.45) is 4.39. The van der Waals surface area contributed by atoms with Crippen molar-refractivity contribution in [1.82, 2.24) is 4.90 Å². The summed E-state index contributed by atoms with van der Waals surface area (Å²) in [5.74, 6) is -0.187. The Labute approximate surface area is 120 Å². The highest BCUT2D eigenvalue weighted by atomic mass is 19.1. The summed E-state index contributed by atoms with van der Waals surface area (Å²) in [6.45, 7) is 5.38. The van der Waals surface area contributed by atoms with Crippen LogP contribution in [0, 0.1) is 17.1 Å². The molecule has 0 N–H and O–H groups in total. The molecule has 20 heavy (non-hydrogen) atoms. The Morgan fingerprint density at radius 1 is 1.40 bits per heavy atom. The molecule has 1 heterocycles. The van der Waals surface area contributed by atoms with Crippen LogP contribution in [0.15, 0.2) is 18.2 Å². The van der Waals surface area contributed by atoms with Crippen molar-refractivity contribution in [1.29, 1.82) is 5.26 Å². The molecule has 4 heteroatoms. The van der Waals surface area contributed by atoms with Gasteiger partial charge >= 0.3 is 0 Å². The first-order chi connectivity index (χ1) is 9.72. The van der Waals surface area contributed by atoms with Gasteiger partial charge < -0.3 is 9.64 Å². The van der Waals surface area contributed by atoms with Gasteiger partial charge in [-0.25, -0.2) is 4.39 Å². The van der Waals surface area contributed by atoms with E-state index in [-0.39, 0.29) is 11.9 Å². The maximum absolute atomic E-state index is 13.7. The standard InChI is InChI=1S/C16H21FN2O/c1-2-3-8-19-9-6-14(7-10-19)20-16-5-4-13(12-18)11-15(16)17/h4-5,11,14H,2-3,6-10H2,1H3. The fourth-order valence-electron chi connectivity index (χ4n) is 2.48. The second-order valence-electron chi connectivity index (χ2n) is 5.27. The summed E-state index contributed by atoms with van der Waals surface area (Å²) in [6, 6.07) is 6.29. The van der Waals surface area contributed by atoms with Gasteiger partial charge in [0.05, 0.1) is 11.6 Å². The molecule has 1 saturated heterocycles. The molecule has 0 saturated carbocycles. The van der Waals surface area contributed by atoms with E-state index < -0.39 is 5.82 Å². The van der Waals surface area contributed by atoms with Gasteiger partial charge in [-0.3, -0.25) is 0 Å². The van der Waals surface area contributed by atoms with E-state index in [0.29, 0.717) is 5.56 Å². The van der Waals surface area contributed by atoms with Gasteiger partial charge in [0.25, 0.3) is 0 Å². The van der Waals surface area contributed by atoms with Gasteiger partial charge in [-0.05, 0) is 44.0 Å². The van der Waals surface area contributed by atoms with Crippen molar-refractivity contribution < 1.29 is 9.13 Å². The lowest BCUT2D eigenvalue weighted by Crippen LogP contribution is -2.38. The molecule has 1 fully saturated rings. The molecule has 0 atom stereocenters. The van der Waals surface area contributed by atoms with Gasteiger partial charge in [-0.15, -0.1) is 0 Å². The summed E-state index contributed by atoms with van der Waals surface area (Å²) in [5.41, 5.74) is 0.323. The molecule has 0 aromatic heterocycles. The molecular formula is C16H21FN2O. The van der Waals surface area contributed by atoms with Crippen LogP contribution in [0.5, 0.6) is 5.75 Å². The predicted octanol–water partition coefficient (Wildman–Crippen LogP) is 3.34. The van der Waals surface area contributed by atoms with Crippen molar-refractivity contribution >= 4 is 0 Å². The molecule has 1 aliphatic heterocycles. The molecule has 3 nitrogen and oxygen atoms in total. The number of halogens is 1. The Bertz CT molecular complexity index is 476. The Morgan fingerprint density at radius 3 is 2.75 bits per heavy atom. The largest absolute Gasteiger partial charge is 0.487 e. The molecular weight excluding hydrogens is 255 g/mol. The minimum absolute atomic E-state index is 0.0790. The third kappa shape index (κ3) is 3.94. The van der Waals surface area contributed by atoms with Crippen molar-refractivity contribution in [2.24, 2.45) is 0 Å². The van der Waals surface area contributed by atoms with Crippen molar-refractivity contribution in [3.63, 3.8) is 0 Å². The van der Waals surface area contributed by atoms with E-state index >= 15 is 0 Å². The number of piperidine rings is 1. The van der Waals surface area contributed by atoms with Crippen molar-refractivity contribution in [2.75, 3.05) is 19.6 Å². The minimum atomic E-state index is -0.447. The van der Waals surface area contributed by atoms with E-state index in [1.165, 1.54) is 18.9 Å². The third-order valence-electron chi connectivity index (χ3n) is 3.72. The molecule has 1 aromatic carbocycles. The van der Waals surface area contributed by atoms with Gasteiger partial charge in [-0.2, -0.15) is 5.26 Å².